The maximum Gasteiger partial charge on any atom is 0.406 e. The number of fused-ring (bicyclic) bond motifs is 1. The van der Waals surface area contributed by atoms with Gasteiger partial charge in [-0.3, -0.25) is 4.79 Å². The molecular formula is C17H17N3O4. The van der Waals surface area contributed by atoms with Gasteiger partial charge in [-0.2, -0.15) is 0 Å². The molecule has 7 heteroatoms. The van der Waals surface area contributed by atoms with Crippen molar-refractivity contribution in [3.63, 3.8) is 0 Å². The van der Waals surface area contributed by atoms with E-state index in [0.717, 1.165) is 17.7 Å². The van der Waals surface area contributed by atoms with Crippen LogP contribution in [0.3, 0.4) is 0 Å². The number of benzene rings is 1. The highest BCUT2D eigenvalue weighted by Gasteiger charge is 2.30. The van der Waals surface area contributed by atoms with Crippen LogP contribution in [0.2, 0.25) is 0 Å². The van der Waals surface area contributed by atoms with Crippen LogP contribution in [0.5, 0.6) is 5.75 Å². The van der Waals surface area contributed by atoms with Gasteiger partial charge in [-0.1, -0.05) is 18.2 Å². The van der Waals surface area contributed by atoms with E-state index in [4.69, 9.17) is 4.74 Å². The van der Waals surface area contributed by atoms with Crippen molar-refractivity contribution < 1.29 is 14.5 Å². The summed E-state index contributed by atoms with van der Waals surface area (Å²) in [5.74, 6) is -0.606. The van der Waals surface area contributed by atoms with Crippen LogP contribution >= 0.6 is 0 Å². The van der Waals surface area contributed by atoms with E-state index >= 15 is 0 Å². The summed E-state index contributed by atoms with van der Waals surface area (Å²) in [5.41, 5.74) is 2.50. The number of hydrogen-bond donors (Lipinski definition) is 0. The molecule has 0 radical (unpaired) electrons. The summed E-state index contributed by atoms with van der Waals surface area (Å²) in [6.45, 7) is 3.83. The van der Waals surface area contributed by atoms with Crippen molar-refractivity contribution in [3.05, 3.63) is 57.8 Å². The Bertz CT molecular complexity index is 806. The number of hydrogen-bond acceptors (Lipinski definition) is 5. The van der Waals surface area contributed by atoms with Crippen LogP contribution in [0.25, 0.3) is 0 Å². The third-order valence-electron chi connectivity index (χ3n) is 3.96. The topological polar surface area (TPSA) is 85.6 Å². The molecule has 2 aromatic rings. The number of nitro groups is 1. The number of aryl methyl sites for hydroxylation is 1. The smallest absolute Gasteiger partial charge is 0.406 e. The first-order valence-electron chi connectivity index (χ1n) is 7.65. The number of pyridine rings is 1. The average Bonchev–Trinajstić information content (AvgIpc) is 2.99. The molecule has 1 atom stereocenters. The van der Waals surface area contributed by atoms with Gasteiger partial charge < -0.3 is 19.8 Å². The summed E-state index contributed by atoms with van der Waals surface area (Å²) in [5, 5.41) is 11.1. The molecule has 24 heavy (non-hydrogen) atoms. The van der Waals surface area contributed by atoms with Gasteiger partial charge in [0, 0.05) is 19.2 Å². The molecule has 0 aliphatic carbocycles. The Balaban J connectivity index is 1.80. The first kappa shape index (κ1) is 15.9. The fourth-order valence-corrected chi connectivity index (χ4v) is 2.78. The monoisotopic (exact) mass is 327 g/mol. The summed E-state index contributed by atoms with van der Waals surface area (Å²) in [4.78, 5) is 28.7. The van der Waals surface area contributed by atoms with Crippen LogP contribution < -0.4 is 9.64 Å². The van der Waals surface area contributed by atoms with E-state index in [1.807, 2.05) is 24.3 Å². The molecule has 1 aromatic carbocycles. The molecule has 1 aliphatic heterocycles. The van der Waals surface area contributed by atoms with Gasteiger partial charge in [0.05, 0.1) is 0 Å². The lowest BCUT2D eigenvalue weighted by atomic mass is 10.2. The quantitative estimate of drug-likeness (QED) is 0.636. The van der Waals surface area contributed by atoms with E-state index in [9.17, 15) is 14.9 Å². The van der Waals surface area contributed by atoms with Crippen molar-refractivity contribution >= 4 is 17.4 Å². The zero-order valence-corrected chi connectivity index (χ0v) is 13.4. The van der Waals surface area contributed by atoms with Gasteiger partial charge >= 0.3 is 5.82 Å². The zero-order valence-electron chi connectivity index (χ0n) is 13.4. The number of carbonyl (C=O) groups excluding carboxylic acids is 1. The van der Waals surface area contributed by atoms with Crippen molar-refractivity contribution in [2.45, 2.75) is 26.4 Å². The fourth-order valence-electron chi connectivity index (χ4n) is 2.78. The SMILES string of the molecule is Cc1ccc(O[C@H](C)C(=O)N2CCc3ccccc32)c([N+](=O)[O-])n1. The van der Waals surface area contributed by atoms with E-state index in [0.29, 0.717) is 12.2 Å². The molecule has 0 saturated carbocycles. The van der Waals surface area contributed by atoms with E-state index in [-0.39, 0.29) is 17.5 Å². The molecule has 0 fully saturated rings. The molecule has 3 rings (SSSR count). The van der Waals surface area contributed by atoms with Crippen molar-refractivity contribution in [1.29, 1.82) is 0 Å². The van der Waals surface area contributed by atoms with Crippen molar-refractivity contribution in [3.8, 4) is 5.75 Å². The summed E-state index contributed by atoms with van der Waals surface area (Å²) in [6, 6.07) is 10.8. The number of carbonyl (C=O) groups is 1. The standard InChI is InChI=1S/C17H17N3O4/c1-11-7-8-15(16(18-11)20(22)23)24-12(2)17(21)19-10-9-13-5-3-4-6-14(13)19/h3-8,12H,9-10H2,1-2H3/t12-/m1/s1. The Hall–Kier alpha value is -2.96. The predicted octanol–water partition coefficient (Wildman–Crippen LogP) is 2.65. The Morgan fingerprint density at radius 2 is 2.08 bits per heavy atom. The Kier molecular flexibility index (Phi) is 4.16. The molecule has 0 saturated heterocycles. The highest BCUT2D eigenvalue weighted by molar-refractivity contribution is 5.98. The minimum absolute atomic E-state index is 0.000989. The second kappa shape index (κ2) is 6.27. The van der Waals surface area contributed by atoms with Crippen LogP contribution in [0.4, 0.5) is 11.5 Å². The summed E-state index contributed by atoms with van der Waals surface area (Å²) >= 11 is 0. The number of ether oxygens (including phenoxy) is 1. The maximum absolute atomic E-state index is 12.7. The van der Waals surface area contributed by atoms with Crippen molar-refractivity contribution in [1.82, 2.24) is 4.98 Å². The lowest BCUT2D eigenvalue weighted by Gasteiger charge is -2.22. The van der Waals surface area contributed by atoms with Crippen LogP contribution in [-0.2, 0) is 11.2 Å². The van der Waals surface area contributed by atoms with Crippen molar-refractivity contribution in [2.24, 2.45) is 0 Å². The normalized spacial score (nSPS) is 14.2. The zero-order chi connectivity index (χ0) is 17.3. The molecule has 1 aliphatic rings. The Morgan fingerprint density at radius 1 is 1.33 bits per heavy atom. The largest absolute Gasteiger partial charge is 0.473 e. The number of anilines is 1. The highest BCUT2D eigenvalue weighted by Crippen LogP contribution is 2.30. The number of amides is 1. The number of aromatic nitrogens is 1. The number of nitrogens with zero attached hydrogens (tertiary/aromatic N) is 3. The number of rotatable bonds is 4. The summed E-state index contributed by atoms with van der Waals surface area (Å²) < 4.78 is 5.56. The molecule has 0 spiro atoms. The van der Waals surface area contributed by atoms with Crippen molar-refractivity contribution in [2.75, 3.05) is 11.4 Å². The van der Waals surface area contributed by atoms with Gasteiger partial charge in [-0.05, 0) is 47.0 Å². The maximum atomic E-state index is 12.7. The minimum atomic E-state index is -0.848. The molecule has 0 N–H and O–H groups in total. The second-order valence-corrected chi connectivity index (χ2v) is 5.66. The minimum Gasteiger partial charge on any atom is -0.473 e. The predicted molar refractivity (Wildman–Crippen MR) is 88.2 cm³/mol. The van der Waals surface area contributed by atoms with Gasteiger partial charge in [0.1, 0.15) is 5.69 Å². The van der Waals surface area contributed by atoms with Gasteiger partial charge in [-0.15, -0.1) is 0 Å². The van der Waals surface area contributed by atoms with Crippen LogP contribution in [0, 0.1) is 17.0 Å². The van der Waals surface area contributed by atoms with E-state index in [1.54, 1.807) is 24.8 Å². The lowest BCUT2D eigenvalue weighted by Crippen LogP contribution is -2.39. The Morgan fingerprint density at radius 3 is 2.83 bits per heavy atom. The molecule has 0 bridgehead atoms. The van der Waals surface area contributed by atoms with E-state index in [1.165, 1.54) is 6.07 Å². The third kappa shape index (κ3) is 2.92. The second-order valence-electron chi connectivity index (χ2n) is 5.66. The molecule has 124 valence electrons. The summed E-state index contributed by atoms with van der Waals surface area (Å²) in [6.07, 6.45) is -0.0553. The van der Waals surface area contributed by atoms with Gasteiger partial charge in [-0.25, -0.2) is 0 Å². The molecule has 1 aromatic heterocycles. The van der Waals surface area contributed by atoms with E-state index in [2.05, 4.69) is 4.98 Å². The van der Waals surface area contributed by atoms with Crippen LogP contribution in [0.1, 0.15) is 18.2 Å². The first-order valence-corrected chi connectivity index (χ1v) is 7.65. The molecule has 2 heterocycles. The Labute approximate surface area is 139 Å². The first-order chi connectivity index (χ1) is 11.5. The summed E-state index contributed by atoms with van der Waals surface area (Å²) in [7, 11) is 0. The van der Waals surface area contributed by atoms with Gasteiger partial charge in [0.25, 0.3) is 5.91 Å². The fraction of sp³-hybridized carbons (Fsp3) is 0.294. The van der Waals surface area contributed by atoms with E-state index < -0.39 is 11.0 Å². The average molecular weight is 327 g/mol. The molecule has 7 nitrogen and oxygen atoms in total. The van der Waals surface area contributed by atoms with Gasteiger partial charge in [0.2, 0.25) is 5.75 Å². The molecule has 1 amide bonds. The van der Waals surface area contributed by atoms with Crippen LogP contribution in [-0.4, -0.2) is 28.5 Å². The van der Waals surface area contributed by atoms with Gasteiger partial charge in [0.15, 0.2) is 6.10 Å². The molecular weight excluding hydrogens is 310 g/mol. The number of para-hydroxylation sites is 1. The third-order valence-corrected chi connectivity index (χ3v) is 3.96. The lowest BCUT2D eigenvalue weighted by molar-refractivity contribution is -0.390. The van der Waals surface area contributed by atoms with Crippen LogP contribution in [0.15, 0.2) is 36.4 Å². The highest BCUT2D eigenvalue weighted by atomic mass is 16.6. The molecule has 0 unspecified atom stereocenters.